The summed E-state index contributed by atoms with van der Waals surface area (Å²) in [5.41, 5.74) is 21.1. The summed E-state index contributed by atoms with van der Waals surface area (Å²) in [6, 6.07) is 72.9. The molecule has 0 unspecified atom stereocenters. The molecule has 16 bridgehead atoms. The predicted molar refractivity (Wildman–Crippen MR) is 268 cm³/mol. The third-order valence-electron chi connectivity index (χ3n) is 11.1. The van der Waals surface area contributed by atoms with Crippen molar-refractivity contribution in [3.63, 3.8) is 0 Å². The Hall–Kier alpha value is -4.84. The molecule has 296 valence electrons. The molecule has 0 saturated carbocycles. The molecule has 30 rings (SSSR count). The van der Waals surface area contributed by atoms with Gasteiger partial charge in [-0.2, -0.15) is 47.0 Å². The van der Waals surface area contributed by atoms with Crippen LogP contribution in [0.1, 0.15) is 44.5 Å². The lowest BCUT2D eigenvalue weighted by Gasteiger charge is -2.09. The van der Waals surface area contributed by atoms with Gasteiger partial charge in [-0.25, -0.2) is 0 Å². The highest BCUT2D eigenvalue weighted by Crippen LogP contribution is 2.30. The topological polar surface area (TPSA) is 0 Å². The molecule has 8 aromatic carbocycles. The molecule has 22 aliphatic heterocycles. The first-order valence-corrected chi connectivity index (χ1v) is 25.3. The van der Waals surface area contributed by atoms with Crippen LogP contribution in [0.15, 0.2) is 194 Å². The Morgan fingerprint density at radius 3 is 0.350 bits per heavy atom. The molecule has 0 radical (unpaired) electrons. The monoisotopic (exact) mass is 848 g/mol. The minimum Gasteiger partial charge on any atom is -0.152 e. The zero-order valence-electron chi connectivity index (χ0n) is 33.8. The van der Waals surface area contributed by atoms with Crippen LogP contribution in [0.25, 0.3) is 44.5 Å². The molecule has 22 heterocycles. The van der Waals surface area contributed by atoms with Crippen LogP contribution in [0.3, 0.4) is 0 Å². The second-order valence-corrected chi connectivity index (χ2v) is 19.5. The van der Waals surface area contributed by atoms with Crippen molar-refractivity contribution in [2.45, 2.75) is 46.0 Å². The van der Waals surface area contributed by atoms with E-state index in [0.29, 0.717) is 0 Å². The molecule has 0 aromatic heterocycles. The van der Waals surface area contributed by atoms with Crippen molar-refractivity contribution in [1.82, 2.24) is 0 Å². The average molecular weight is 849 g/mol. The Bertz CT molecular complexity index is 2000. The molecule has 0 saturated heterocycles. The van der Waals surface area contributed by atoms with Gasteiger partial charge in [0.2, 0.25) is 0 Å². The predicted octanol–water partition coefficient (Wildman–Crippen LogP) is 16.4. The molecule has 0 spiro atoms. The van der Waals surface area contributed by atoms with Crippen LogP contribution >= 0.6 is 47.0 Å². The van der Waals surface area contributed by atoms with E-state index >= 15 is 0 Å². The van der Waals surface area contributed by atoms with Crippen LogP contribution in [0.2, 0.25) is 0 Å². The van der Waals surface area contributed by atoms with Crippen molar-refractivity contribution in [3.05, 3.63) is 239 Å². The second-order valence-electron chi connectivity index (χ2n) is 15.5. The largest absolute Gasteiger partial charge is 0.152 e. The maximum absolute atomic E-state index is 2.29. The normalized spacial score (nSPS) is 13.9. The minimum atomic E-state index is 1.01. The average Bonchev–Trinajstić information content (AvgIpc) is 3.31. The van der Waals surface area contributed by atoms with Crippen LogP contribution in [0, 0.1) is 0 Å². The molecule has 0 N–H and O–H groups in total. The van der Waals surface area contributed by atoms with Gasteiger partial charge in [-0.15, -0.1) is 0 Å². The molecular formula is C56H48S4. The summed E-state index contributed by atoms with van der Waals surface area (Å²) in [7, 11) is 0. The van der Waals surface area contributed by atoms with Gasteiger partial charge >= 0.3 is 0 Å². The van der Waals surface area contributed by atoms with Gasteiger partial charge in [0.25, 0.3) is 0 Å². The van der Waals surface area contributed by atoms with E-state index < -0.39 is 0 Å². The Balaban J connectivity index is 0.854. The lowest BCUT2D eigenvalue weighted by Crippen LogP contribution is -1.88. The second kappa shape index (κ2) is 20.1. The Labute approximate surface area is 373 Å². The molecule has 0 nitrogen and oxygen atoms in total. The van der Waals surface area contributed by atoms with Gasteiger partial charge in [0.1, 0.15) is 0 Å². The van der Waals surface area contributed by atoms with Crippen LogP contribution in [0.5, 0.6) is 0 Å². The Morgan fingerprint density at radius 1 is 0.150 bits per heavy atom. The molecular weight excluding hydrogens is 801 g/mol. The van der Waals surface area contributed by atoms with Crippen molar-refractivity contribution >= 4 is 47.0 Å². The summed E-state index contributed by atoms with van der Waals surface area (Å²) < 4.78 is 0. The Kier molecular flexibility index (Phi) is 13.6. The van der Waals surface area contributed by atoms with E-state index in [1.807, 2.05) is 47.0 Å². The third kappa shape index (κ3) is 10.9. The lowest BCUT2D eigenvalue weighted by molar-refractivity contribution is 1.35. The fourth-order valence-corrected chi connectivity index (χ4v) is 11.3. The van der Waals surface area contributed by atoms with E-state index in [1.54, 1.807) is 0 Å². The van der Waals surface area contributed by atoms with Crippen molar-refractivity contribution in [3.8, 4) is 44.5 Å². The van der Waals surface area contributed by atoms with Crippen molar-refractivity contribution in [2.24, 2.45) is 0 Å². The van der Waals surface area contributed by atoms with E-state index in [1.165, 1.54) is 89.0 Å². The smallest absolute Gasteiger partial charge is 0.0187 e. The van der Waals surface area contributed by atoms with E-state index in [9.17, 15) is 0 Å². The van der Waals surface area contributed by atoms with E-state index in [2.05, 4.69) is 194 Å². The molecule has 0 aliphatic carbocycles. The number of hydrogen-bond acceptors (Lipinski definition) is 4. The van der Waals surface area contributed by atoms with E-state index in [0.717, 1.165) is 46.0 Å². The van der Waals surface area contributed by atoms with Crippen LogP contribution < -0.4 is 0 Å². The summed E-state index contributed by atoms with van der Waals surface area (Å²) in [5, 5.41) is 0. The maximum atomic E-state index is 2.29. The van der Waals surface area contributed by atoms with Crippen LogP contribution in [0.4, 0.5) is 0 Å². The minimum absolute atomic E-state index is 1.01. The highest BCUT2D eigenvalue weighted by Gasteiger charge is 2.06. The summed E-state index contributed by atoms with van der Waals surface area (Å²) >= 11 is 7.90. The van der Waals surface area contributed by atoms with Gasteiger partial charge in [-0.3, -0.25) is 0 Å². The van der Waals surface area contributed by atoms with Crippen molar-refractivity contribution in [1.29, 1.82) is 0 Å². The summed E-state index contributed by atoms with van der Waals surface area (Å²) in [5.74, 6) is 8.05. The highest BCUT2D eigenvalue weighted by molar-refractivity contribution is 7.98. The summed E-state index contributed by atoms with van der Waals surface area (Å²) in [6.45, 7) is 0. The highest BCUT2D eigenvalue weighted by atomic mass is 32.2. The Morgan fingerprint density at radius 2 is 0.250 bits per heavy atom. The molecule has 0 fully saturated rings. The number of rotatable bonds is 0. The van der Waals surface area contributed by atoms with E-state index in [-0.39, 0.29) is 0 Å². The fourth-order valence-electron chi connectivity index (χ4n) is 7.49. The van der Waals surface area contributed by atoms with Gasteiger partial charge in [-0.1, -0.05) is 194 Å². The fraction of sp³-hybridized carbons (Fsp3) is 0.143. The third-order valence-corrected chi connectivity index (χ3v) is 15.4. The lowest BCUT2D eigenvalue weighted by atomic mass is 10.0. The molecule has 4 heteroatoms. The molecule has 0 amide bonds. The first-order valence-electron chi connectivity index (χ1n) is 20.7. The molecule has 8 aromatic rings. The van der Waals surface area contributed by atoms with Gasteiger partial charge < -0.3 is 0 Å². The quantitative estimate of drug-likeness (QED) is 0.149. The number of hydrogen-bond donors (Lipinski definition) is 0. The standard InChI is InChI=1S/C56H48S4/c1-17-49-18-2-41(1)33-57-34-42-5-21-51(22-6-42)52-23-7-45(8-24-52)37-59-38-46-13-29-55(30-14-46)56-31-15-48(16-32-56)40-60-39-47-11-27-54(28-12-47)53-25-9-44(10-26-53)36-58-35-43-3-19-50(49)20-4-43/h1-32H,33-40H2. The van der Waals surface area contributed by atoms with Gasteiger partial charge in [0, 0.05) is 46.0 Å². The first kappa shape index (κ1) is 40.6. The van der Waals surface area contributed by atoms with Crippen LogP contribution in [-0.4, -0.2) is 0 Å². The molecule has 0 atom stereocenters. The number of benzene rings is 8. The van der Waals surface area contributed by atoms with Crippen molar-refractivity contribution in [2.75, 3.05) is 0 Å². The maximum Gasteiger partial charge on any atom is 0.0187 e. The number of thioether (sulfide) groups is 4. The van der Waals surface area contributed by atoms with E-state index in [4.69, 9.17) is 0 Å². The molecule has 60 heavy (non-hydrogen) atoms. The zero-order chi connectivity index (χ0) is 40.4. The van der Waals surface area contributed by atoms with Crippen molar-refractivity contribution < 1.29 is 0 Å². The molecule has 22 aliphatic rings. The zero-order valence-corrected chi connectivity index (χ0v) is 37.0. The SMILES string of the molecule is c1cc2ccc1CSCc1ccc(cc1)-c1ccc(cc1)CSCc1ccc(cc1)-c1ccc(cc1)CSCc1ccc(cc1)-c1ccc(cc1)CSCc1ccc-2cc1. The first-order chi connectivity index (χ1) is 29.7. The van der Waals surface area contributed by atoms with Gasteiger partial charge in [0.15, 0.2) is 0 Å². The van der Waals surface area contributed by atoms with Gasteiger partial charge in [-0.05, 0) is 89.0 Å². The van der Waals surface area contributed by atoms with Crippen LogP contribution in [-0.2, 0) is 46.0 Å². The summed E-state index contributed by atoms with van der Waals surface area (Å²) in [6.07, 6.45) is 0. The summed E-state index contributed by atoms with van der Waals surface area (Å²) in [4.78, 5) is 0. The van der Waals surface area contributed by atoms with Gasteiger partial charge in [0.05, 0.1) is 0 Å².